The summed E-state index contributed by atoms with van der Waals surface area (Å²) in [6.07, 6.45) is 0.936. The molecule has 30 heavy (non-hydrogen) atoms. The molecule has 0 amide bonds. The standard InChI is InChI=1S/C18H24F6N4O2/c19-17(20,21)15-25-13(27-29-15)11-9-7-5-3-1-2-4-6-8-10-12-14-26-16(30-28-14)18(22,23)24/h1-12H2. The highest BCUT2D eigenvalue weighted by molar-refractivity contribution is 4.90. The van der Waals surface area contributed by atoms with E-state index in [0.29, 0.717) is 25.7 Å². The van der Waals surface area contributed by atoms with Crippen LogP contribution in [-0.2, 0) is 25.2 Å². The van der Waals surface area contributed by atoms with Crippen LogP contribution in [0.2, 0.25) is 0 Å². The minimum Gasteiger partial charge on any atom is -0.329 e. The predicted octanol–water partition coefficient (Wildman–Crippen LogP) is 6.18. The van der Waals surface area contributed by atoms with E-state index in [-0.39, 0.29) is 11.6 Å². The van der Waals surface area contributed by atoms with Gasteiger partial charge in [0.25, 0.3) is 0 Å². The molecular weight excluding hydrogens is 418 g/mol. The molecule has 12 heteroatoms. The maximum absolute atomic E-state index is 12.3. The Hall–Kier alpha value is -2.14. The Morgan fingerprint density at radius 2 is 0.800 bits per heavy atom. The van der Waals surface area contributed by atoms with Gasteiger partial charge < -0.3 is 9.05 Å². The SMILES string of the molecule is FC(F)(F)c1nc(CCCCCCCCCCCCc2noc(C(F)(F)F)n2)no1. The van der Waals surface area contributed by atoms with Crippen molar-refractivity contribution in [1.29, 1.82) is 0 Å². The lowest BCUT2D eigenvalue weighted by Gasteiger charge is -2.02. The van der Waals surface area contributed by atoms with Gasteiger partial charge in [-0.1, -0.05) is 61.7 Å². The molecule has 0 aliphatic heterocycles. The number of nitrogens with zero attached hydrogens (tertiary/aromatic N) is 4. The van der Waals surface area contributed by atoms with Gasteiger partial charge in [-0.3, -0.25) is 0 Å². The van der Waals surface area contributed by atoms with E-state index in [2.05, 4.69) is 29.3 Å². The van der Waals surface area contributed by atoms with Gasteiger partial charge in [-0.15, -0.1) is 0 Å². The van der Waals surface area contributed by atoms with E-state index in [1.54, 1.807) is 0 Å². The second-order valence-electron chi connectivity index (χ2n) is 7.06. The van der Waals surface area contributed by atoms with Crippen LogP contribution >= 0.6 is 0 Å². The average Bonchev–Trinajstić information content (AvgIpc) is 3.31. The zero-order valence-electron chi connectivity index (χ0n) is 16.4. The molecule has 0 spiro atoms. The maximum atomic E-state index is 12.3. The van der Waals surface area contributed by atoms with Gasteiger partial charge in [-0.25, -0.2) is 0 Å². The molecule has 0 saturated heterocycles. The predicted molar refractivity (Wildman–Crippen MR) is 92.2 cm³/mol. The summed E-state index contributed by atoms with van der Waals surface area (Å²) < 4.78 is 82.4. The van der Waals surface area contributed by atoms with Crippen molar-refractivity contribution in [3.63, 3.8) is 0 Å². The Morgan fingerprint density at radius 1 is 0.500 bits per heavy atom. The first-order valence-electron chi connectivity index (χ1n) is 9.96. The fourth-order valence-corrected chi connectivity index (χ4v) is 2.92. The number of aryl methyl sites for hydroxylation is 2. The summed E-state index contributed by atoms with van der Waals surface area (Å²) in [6.45, 7) is 0. The molecular formula is C18H24F6N4O2. The van der Waals surface area contributed by atoms with Crippen molar-refractivity contribution in [3.05, 3.63) is 23.4 Å². The van der Waals surface area contributed by atoms with Crippen molar-refractivity contribution in [2.45, 2.75) is 89.4 Å². The highest BCUT2D eigenvalue weighted by atomic mass is 19.4. The molecule has 2 rings (SSSR count). The second-order valence-corrected chi connectivity index (χ2v) is 7.06. The third kappa shape index (κ3) is 8.70. The largest absolute Gasteiger partial charge is 0.471 e. The first-order chi connectivity index (χ1) is 14.2. The molecule has 0 unspecified atom stereocenters. The number of hydrogen-bond acceptors (Lipinski definition) is 6. The fourth-order valence-electron chi connectivity index (χ4n) is 2.92. The third-order valence-electron chi connectivity index (χ3n) is 4.47. The number of hydrogen-bond donors (Lipinski definition) is 0. The summed E-state index contributed by atoms with van der Waals surface area (Å²) in [5.74, 6) is -2.45. The molecule has 0 fully saturated rings. The molecule has 170 valence electrons. The molecule has 0 radical (unpaired) electrons. The van der Waals surface area contributed by atoms with Crippen molar-refractivity contribution in [2.24, 2.45) is 0 Å². The summed E-state index contributed by atoms with van der Waals surface area (Å²) in [5, 5.41) is 6.66. The molecule has 0 saturated carbocycles. The molecule has 0 aliphatic rings. The lowest BCUT2D eigenvalue weighted by Crippen LogP contribution is -2.05. The van der Waals surface area contributed by atoms with Crippen LogP contribution in [0.1, 0.15) is 87.6 Å². The van der Waals surface area contributed by atoms with E-state index >= 15 is 0 Å². The van der Waals surface area contributed by atoms with E-state index in [1.807, 2.05) is 0 Å². The van der Waals surface area contributed by atoms with Crippen LogP contribution in [-0.4, -0.2) is 20.3 Å². The highest BCUT2D eigenvalue weighted by Gasteiger charge is 2.39. The van der Waals surface area contributed by atoms with Gasteiger partial charge >= 0.3 is 24.1 Å². The summed E-state index contributed by atoms with van der Waals surface area (Å²) in [7, 11) is 0. The number of aromatic nitrogens is 4. The zero-order valence-corrected chi connectivity index (χ0v) is 16.4. The molecule has 2 heterocycles. The van der Waals surface area contributed by atoms with Gasteiger partial charge in [-0.05, 0) is 12.8 Å². The van der Waals surface area contributed by atoms with Crippen molar-refractivity contribution in [2.75, 3.05) is 0 Å². The second kappa shape index (κ2) is 11.3. The molecule has 0 aromatic carbocycles. The number of halogens is 6. The monoisotopic (exact) mass is 442 g/mol. The Morgan fingerprint density at radius 3 is 1.07 bits per heavy atom. The summed E-state index contributed by atoms with van der Waals surface area (Å²) >= 11 is 0. The van der Waals surface area contributed by atoms with E-state index in [9.17, 15) is 26.3 Å². The minimum atomic E-state index is -4.60. The van der Waals surface area contributed by atoms with Crippen molar-refractivity contribution >= 4 is 0 Å². The maximum Gasteiger partial charge on any atom is 0.471 e. The molecule has 0 N–H and O–H groups in total. The van der Waals surface area contributed by atoms with E-state index in [1.165, 1.54) is 0 Å². The van der Waals surface area contributed by atoms with Crippen LogP contribution in [0.4, 0.5) is 26.3 Å². The quantitative estimate of drug-likeness (QED) is 0.272. The van der Waals surface area contributed by atoms with Crippen molar-refractivity contribution in [3.8, 4) is 0 Å². The minimum absolute atomic E-state index is 0.0813. The van der Waals surface area contributed by atoms with Crippen LogP contribution in [0.25, 0.3) is 0 Å². The van der Waals surface area contributed by atoms with Gasteiger partial charge in [0.1, 0.15) is 0 Å². The number of rotatable bonds is 13. The van der Waals surface area contributed by atoms with Crippen LogP contribution in [0.5, 0.6) is 0 Å². The molecule has 0 bridgehead atoms. The van der Waals surface area contributed by atoms with E-state index in [4.69, 9.17) is 0 Å². The molecule has 0 aliphatic carbocycles. The fraction of sp³-hybridized carbons (Fsp3) is 0.778. The molecule has 2 aromatic rings. The summed E-state index contributed by atoms with van der Waals surface area (Å²) in [5.41, 5.74) is 0. The van der Waals surface area contributed by atoms with Crippen molar-refractivity contribution in [1.82, 2.24) is 20.3 Å². The Kier molecular flexibility index (Phi) is 9.09. The summed E-state index contributed by atoms with van der Waals surface area (Å²) in [6, 6.07) is 0. The molecule has 6 nitrogen and oxygen atoms in total. The molecule has 0 atom stereocenters. The van der Waals surface area contributed by atoms with Gasteiger partial charge in [0.15, 0.2) is 11.6 Å². The smallest absolute Gasteiger partial charge is 0.329 e. The van der Waals surface area contributed by atoms with Crippen LogP contribution < -0.4 is 0 Å². The van der Waals surface area contributed by atoms with Crippen molar-refractivity contribution < 1.29 is 35.4 Å². The number of alkyl halides is 6. The highest BCUT2D eigenvalue weighted by Crippen LogP contribution is 2.28. The Labute approximate surface area is 169 Å². The van der Waals surface area contributed by atoms with Crippen LogP contribution in [0.15, 0.2) is 9.05 Å². The van der Waals surface area contributed by atoms with Gasteiger partial charge in [0.2, 0.25) is 0 Å². The lowest BCUT2D eigenvalue weighted by molar-refractivity contribution is -0.160. The number of unbranched alkanes of at least 4 members (excludes halogenated alkanes) is 9. The summed E-state index contributed by atoms with van der Waals surface area (Å²) in [4.78, 5) is 6.66. The average molecular weight is 442 g/mol. The van der Waals surface area contributed by atoms with Gasteiger partial charge in [0, 0.05) is 12.8 Å². The van der Waals surface area contributed by atoms with Crippen LogP contribution in [0, 0.1) is 0 Å². The van der Waals surface area contributed by atoms with Gasteiger partial charge in [-0.2, -0.15) is 36.3 Å². The first-order valence-corrected chi connectivity index (χ1v) is 9.96. The normalized spacial score (nSPS) is 12.6. The topological polar surface area (TPSA) is 77.8 Å². The van der Waals surface area contributed by atoms with E-state index in [0.717, 1.165) is 51.4 Å². The first kappa shape index (κ1) is 24.1. The Balaban J connectivity index is 1.40. The lowest BCUT2D eigenvalue weighted by atomic mass is 10.0. The van der Waals surface area contributed by atoms with Crippen LogP contribution in [0.3, 0.4) is 0 Å². The molecule has 2 aromatic heterocycles. The third-order valence-corrected chi connectivity index (χ3v) is 4.47. The Bertz CT molecular complexity index is 679. The van der Waals surface area contributed by atoms with E-state index < -0.39 is 24.1 Å². The zero-order chi connectivity index (χ0) is 22.0. The van der Waals surface area contributed by atoms with Gasteiger partial charge in [0.05, 0.1) is 0 Å².